The third kappa shape index (κ3) is 6.70. The number of nitrogens with zero attached hydrogens (tertiary/aromatic N) is 2. The lowest BCUT2D eigenvalue weighted by atomic mass is 9.48. The molecular formula is C36H49N3O4S. The van der Waals surface area contributed by atoms with E-state index < -0.39 is 16.1 Å². The number of amides is 2. The number of nitrogens with one attached hydrogen (secondary N) is 1. The van der Waals surface area contributed by atoms with Crippen LogP contribution in [0.25, 0.3) is 0 Å². The molecule has 0 heterocycles. The van der Waals surface area contributed by atoms with Crippen molar-refractivity contribution in [2.24, 2.45) is 17.8 Å². The summed E-state index contributed by atoms with van der Waals surface area (Å²) in [4.78, 5) is 29.2. The molecule has 2 aromatic carbocycles. The highest BCUT2D eigenvalue weighted by Crippen LogP contribution is 2.60. The minimum absolute atomic E-state index is 0.141. The Balaban J connectivity index is 1.22. The first kappa shape index (κ1) is 31.1. The molecule has 5 aliphatic rings. The van der Waals surface area contributed by atoms with Gasteiger partial charge in [0, 0.05) is 12.6 Å². The number of anilines is 1. The summed E-state index contributed by atoms with van der Waals surface area (Å²) in [6.07, 6.45) is 14.2. The maximum Gasteiger partial charge on any atom is 0.244 e. The molecule has 0 aliphatic heterocycles. The Kier molecular flexibility index (Phi) is 9.10. The highest BCUT2D eigenvalue weighted by Gasteiger charge is 2.51. The molecule has 2 amide bonds. The number of hydrogen-bond donors (Lipinski definition) is 1. The van der Waals surface area contributed by atoms with Crippen molar-refractivity contribution in [3.8, 4) is 0 Å². The molecular weight excluding hydrogens is 570 g/mol. The van der Waals surface area contributed by atoms with Gasteiger partial charge in [0.2, 0.25) is 21.8 Å². The number of rotatable bonds is 12. The van der Waals surface area contributed by atoms with E-state index in [2.05, 4.69) is 17.4 Å². The zero-order chi connectivity index (χ0) is 30.9. The van der Waals surface area contributed by atoms with Gasteiger partial charge in [-0.15, -0.1) is 0 Å². The molecule has 1 atom stereocenters. The molecule has 44 heavy (non-hydrogen) atoms. The van der Waals surface area contributed by atoms with E-state index in [0.29, 0.717) is 25.1 Å². The zero-order valence-electron chi connectivity index (χ0n) is 26.4. The van der Waals surface area contributed by atoms with Crippen LogP contribution in [-0.4, -0.2) is 56.6 Å². The van der Waals surface area contributed by atoms with Crippen molar-refractivity contribution in [3.05, 3.63) is 65.7 Å². The lowest BCUT2D eigenvalue weighted by Crippen LogP contribution is -2.54. The standard InChI is InChI=1S/C36H49N3O4S/c1-3-33(35(41)37-31-11-7-8-12-31)38(18-17-26-9-5-4-6-10-26)34(40)25-39(44(2,42)43)32-15-13-30(14-16-32)36-22-27-19-28(23-36)21-29(20-27)24-36/h4-6,9-10,13-16,27-29,31,33H,3,7-8,11-12,17-25H2,1-2H3,(H,37,41). The normalized spacial score (nSPS) is 26.8. The highest BCUT2D eigenvalue weighted by molar-refractivity contribution is 7.92. The van der Waals surface area contributed by atoms with E-state index in [0.717, 1.165) is 55.3 Å². The fourth-order valence-corrected chi connectivity index (χ4v) is 10.2. The summed E-state index contributed by atoms with van der Waals surface area (Å²) in [5.41, 5.74) is 3.10. The maximum atomic E-state index is 14.1. The van der Waals surface area contributed by atoms with Crippen LogP contribution in [0.1, 0.15) is 88.7 Å². The first-order valence-corrected chi connectivity index (χ1v) is 18.7. The summed E-state index contributed by atoms with van der Waals surface area (Å²) < 4.78 is 27.5. The molecule has 0 saturated heterocycles. The molecule has 7 nitrogen and oxygen atoms in total. The summed E-state index contributed by atoms with van der Waals surface area (Å²) in [6.45, 7) is 1.92. The highest BCUT2D eigenvalue weighted by atomic mass is 32.2. The quantitative estimate of drug-likeness (QED) is 0.324. The third-order valence-corrected chi connectivity index (χ3v) is 12.2. The van der Waals surface area contributed by atoms with E-state index in [-0.39, 0.29) is 29.8 Å². The van der Waals surface area contributed by atoms with Gasteiger partial charge in [-0.3, -0.25) is 13.9 Å². The summed E-state index contributed by atoms with van der Waals surface area (Å²) in [5, 5.41) is 3.17. The second-order valence-corrected chi connectivity index (χ2v) is 16.2. The van der Waals surface area contributed by atoms with Gasteiger partial charge in [0.15, 0.2) is 0 Å². The average Bonchev–Trinajstić information content (AvgIpc) is 3.50. The van der Waals surface area contributed by atoms with E-state index in [1.54, 1.807) is 4.90 Å². The van der Waals surface area contributed by atoms with Crippen molar-refractivity contribution < 1.29 is 18.0 Å². The average molecular weight is 620 g/mol. The molecule has 8 heteroatoms. The second kappa shape index (κ2) is 12.9. The van der Waals surface area contributed by atoms with Crippen LogP contribution in [0.15, 0.2) is 54.6 Å². The van der Waals surface area contributed by atoms with E-state index in [1.165, 1.54) is 48.4 Å². The van der Waals surface area contributed by atoms with Crippen LogP contribution >= 0.6 is 0 Å². The summed E-state index contributed by atoms with van der Waals surface area (Å²) in [5.74, 6) is 1.97. The monoisotopic (exact) mass is 619 g/mol. The third-order valence-electron chi connectivity index (χ3n) is 11.1. The van der Waals surface area contributed by atoms with Crippen molar-refractivity contribution >= 4 is 27.5 Å². The molecule has 5 aliphatic carbocycles. The maximum absolute atomic E-state index is 14.1. The van der Waals surface area contributed by atoms with Gasteiger partial charge < -0.3 is 10.2 Å². The van der Waals surface area contributed by atoms with E-state index in [1.807, 2.05) is 49.4 Å². The second-order valence-electron chi connectivity index (χ2n) is 14.3. The van der Waals surface area contributed by atoms with Crippen LogP contribution in [0, 0.1) is 17.8 Å². The molecule has 0 spiro atoms. The Morgan fingerprint density at radius 3 is 2.05 bits per heavy atom. The lowest BCUT2D eigenvalue weighted by Gasteiger charge is -2.57. The number of hydrogen-bond acceptors (Lipinski definition) is 4. The predicted molar refractivity (Wildman–Crippen MR) is 175 cm³/mol. The number of carbonyl (C=O) groups excluding carboxylic acids is 2. The molecule has 1 N–H and O–H groups in total. The Labute approximate surface area is 263 Å². The van der Waals surface area contributed by atoms with Gasteiger partial charge >= 0.3 is 0 Å². The summed E-state index contributed by atoms with van der Waals surface area (Å²) in [6, 6.07) is 17.4. The van der Waals surface area contributed by atoms with Gasteiger partial charge in [-0.1, -0.05) is 62.2 Å². The van der Waals surface area contributed by atoms with Crippen molar-refractivity contribution in [3.63, 3.8) is 0 Å². The first-order chi connectivity index (χ1) is 21.1. The molecule has 2 aromatic rings. The molecule has 5 saturated carbocycles. The Morgan fingerprint density at radius 2 is 1.50 bits per heavy atom. The smallest absolute Gasteiger partial charge is 0.244 e. The van der Waals surface area contributed by atoms with Crippen molar-refractivity contribution in [1.29, 1.82) is 0 Å². The van der Waals surface area contributed by atoms with Crippen molar-refractivity contribution in [2.75, 3.05) is 23.7 Å². The molecule has 7 rings (SSSR count). The lowest BCUT2D eigenvalue weighted by molar-refractivity contribution is -0.139. The van der Waals surface area contributed by atoms with E-state index in [9.17, 15) is 18.0 Å². The predicted octanol–water partition coefficient (Wildman–Crippen LogP) is 5.83. The van der Waals surface area contributed by atoms with Gasteiger partial charge in [0.05, 0.1) is 11.9 Å². The number of benzene rings is 2. The zero-order valence-corrected chi connectivity index (χ0v) is 27.2. The van der Waals surface area contributed by atoms with Gasteiger partial charge in [-0.2, -0.15) is 0 Å². The summed E-state index contributed by atoms with van der Waals surface area (Å²) >= 11 is 0. The van der Waals surface area contributed by atoms with Crippen LogP contribution in [0.4, 0.5) is 5.69 Å². The van der Waals surface area contributed by atoms with Crippen molar-refractivity contribution in [2.45, 2.75) is 101 Å². The Hall–Kier alpha value is -2.87. The van der Waals surface area contributed by atoms with Gasteiger partial charge in [0.1, 0.15) is 12.6 Å². The Bertz CT molecular complexity index is 1380. The first-order valence-electron chi connectivity index (χ1n) is 16.9. The fourth-order valence-electron chi connectivity index (χ4n) is 9.32. The largest absolute Gasteiger partial charge is 0.352 e. The summed E-state index contributed by atoms with van der Waals surface area (Å²) in [7, 11) is -3.76. The number of carbonyl (C=O) groups is 2. The Morgan fingerprint density at radius 1 is 0.909 bits per heavy atom. The molecule has 0 radical (unpaired) electrons. The molecule has 0 aromatic heterocycles. The van der Waals surface area contributed by atoms with Gasteiger partial charge in [-0.25, -0.2) is 8.42 Å². The SMILES string of the molecule is CCC(C(=O)NC1CCCC1)N(CCc1ccccc1)C(=O)CN(c1ccc(C23CC4CC(CC(C4)C2)C3)cc1)S(C)(=O)=O. The van der Waals surface area contributed by atoms with Crippen LogP contribution in [0.2, 0.25) is 0 Å². The molecule has 5 fully saturated rings. The fraction of sp³-hybridized carbons (Fsp3) is 0.611. The van der Waals surface area contributed by atoms with E-state index >= 15 is 0 Å². The van der Waals surface area contributed by atoms with Crippen LogP contribution in [0.3, 0.4) is 0 Å². The van der Waals surface area contributed by atoms with Crippen LogP contribution < -0.4 is 9.62 Å². The molecule has 238 valence electrons. The van der Waals surface area contributed by atoms with Crippen LogP contribution in [-0.2, 0) is 31.4 Å². The van der Waals surface area contributed by atoms with Gasteiger partial charge in [-0.05, 0) is 111 Å². The molecule has 1 unspecified atom stereocenters. The topological polar surface area (TPSA) is 86.8 Å². The minimum atomic E-state index is -3.76. The van der Waals surface area contributed by atoms with Crippen LogP contribution in [0.5, 0.6) is 0 Å². The van der Waals surface area contributed by atoms with Gasteiger partial charge in [0.25, 0.3) is 0 Å². The number of sulfonamides is 1. The van der Waals surface area contributed by atoms with E-state index in [4.69, 9.17) is 0 Å². The van der Waals surface area contributed by atoms with Crippen molar-refractivity contribution in [1.82, 2.24) is 10.2 Å². The molecule has 4 bridgehead atoms. The minimum Gasteiger partial charge on any atom is -0.352 e.